The lowest BCUT2D eigenvalue weighted by molar-refractivity contribution is 0.0943. The van der Waals surface area contributed by atoms with Crippen molar-refractivity contribution in [3.05, 3.63) is 35.9 Å². The minimum absolute atomic E-state index is 0.0542. The molecule has 0 fully saturated rings. The van der Waals surface area contributed by atoms with Gasteiger partial charge in [-0.1, -0.05) is 12.2 Å². The first-order valence-electron chi connectivity index (χ1n) is 6.12. The third-order valence-electron chi connectivity index (χ3n) is 3.15. The summed E-state index contributed by atoms with van der Waals surface area (Å²) in [5, 5.41) is 21.5. The maximum Gasteiger partial charge on any atom is 0.255 e. The predicted octanol–water partition coefficient (Wildman–Crippen LogP) is 2.18. The Morgan fingerprint density at radius 3 is 2.83 bits per heavy atom. The maximum absolute atomic E-state index is 11.8. The minimum Gasteiger partial charge on any atom is -0.508 e. The number of allylic oxidation sites excluding steroid dienone is 2. The normalized spacial score (nSPS) is 18.6. The summed E-state index contributed by atoms with van der Waals surface area (Å²) in [7, 11) is 0. The quantitative estimate of drug-likeness (QED) is 0.717. The summed E-state index contributed by atoms with van der Waals surface area (Å²) in [4.78, 5) is 11.8. The van der Waals surface area contributed by atoms with Crippen molar-refractivity contribution < 1.29 is 15.0 Å². The smallest absolute Gasteiger partial charge is 0.255 e. The zero-order valence-corrected chi connectivity index (χ0v) is 10.1. The number of aromatic hydroxyl groups is 2. The van der Waals surface area contributed by atoms with Crippen LogP contribution in [0.1, 0.15) is 29.6 Å². The molecule has 0 radical (unpaired) electrons. The Balaban J connectivity index is 1.93. The van der Waals surface area contributed by atoms with Crippen LogP contribution < -0.4 is 5.32 Å². The minimum atomic E-state index is -0.304. The van der Waals surface area contributed by atoms with E-state index in [1.165, 1.54) is 12.1 Å². The lowest BCUT2D eigenvalue weighted by Crippen LogP contribution is -2.29. The molecule has 96 valence electrons. The molecule has 1 unspecified atom stereocenters. The molecule has 1 aromatic carbocycles. The molecule has 1 aromatic rings. The molecular weight excluding hydrogens is 230 g/mol. The highest BCUT2D eigenvalue weighted by Gasteiger charge is 2.14. The molecule has 4 heteroatoms. The first-order valence-corrected chi connectivity index (χ1v) is 6.12. The number of rotatable bonds is 3. The molecule has 1 aliphatic rings. The van der Waals surface area contributed by atoms with Crippen LogP contribution in [0.4, 0.5) is 0 Å². The van der Waals surface area contributed by atoms with Crippen LogP contribution in [0, 0.1) is 5.92 Å². The van der Waals surface area contributed by atoms with Crippen molar-refractivity contribution >= 4 is 5.91 Å². The van der Waals surface area contributed by atoms with Crippen molar-refractivity contribution in [1.82, 2.24) is 5.32 Å². The highest BCUT2D eigenvalue weighted by molar-refractivity contribution is 5.96. The molecule has 3 N–H and O–H groups in total. The highest BCUT2D eigenvalue weighted by atomic mass is 16.3. The number of carbonyl (C=O) groups excluding carboxylic acids is 1. The summed E-state index contributed by atoms with van der Waals surface area (Å²) in [6, 6.07) is 3.97. The number of nitrogens with one attached hydrogen (secondary N) is 1. The maximum atomic E-state index is 11.8. The van der Waals surface area contributed by atoms with E-state index >= 15 is 0 Å². The van der Waals surface area contributed by atoms with Crippen LogP contribution in [0.15, 0.2) is 30.4 Å². The van der Waals surface area contributed by atoms with E-state index in [9.17, 15) is 9.90 Å². The molecule has 1 atom stereocenters. The van der Waals surface area contributed by atoms with Crippen LogP contribution in [-0.4, -0.2) is 22.7 Å². The largest absolute Gasteiger partial charge is 0.508 e. The van der Waals surface area contributed by atoms with Gasteiger partial charge in [0.05, 0.1) is 5.56 Å². The Labute approximate surface area is 106 Å². The molecule has 0 bridgehead atoms. The second-order valence-corrected chi connectivity index (χ2v) is 4.56. The molecule has 0 saturated carbocycles. The van der Waals surface area contributed by atoms with Gasteiger partial charge in [0.25, 0.3) is 5.91 Å². The van der Waals surface area contributed by atoms with Gasteiger partial charge in [0, 0.05) is 12.6 Å². The number of benzene rings is 1. The topological polar surface area (TPSA) is 69.6 Å². The molecule has 1 aliphatic carbocycles. The van der Waals surface area contributed by atoms with Gasteiger partial charge >= 0.3 is 0 Å². The van der Waals surface area contributed by atoms with E-state index in [0.29, 0.717) is 12.5 Å². The third kappa shape index (κ3) is 3.03. The summed E-state index contributed by atoms with van der Waals surface area (Å²) in [6.45, 7) is 0.615. The molecule has 0 aromatic heterocycles. The van der Waals surface area contributed by atoms with Crippen molar-refractivity contribution in [3.63, 3.8) is 0 Å². The summed E-state index contributed by atoms with van der Waals surface area (Å²) < 4.78 is 0. The zero-order chi connectivity index (χ0) is 13.0. The van der Waals surface area contributed by atoms with Gasteiger partial charge in [0.15, 0.2) is 0 Å². The van der Waals surface area contributed by atoms with E-state index in [1.54, 1.807) is 0 Å². The summed E-state index contributed by atoms with van der Waals surface area (Å²) >= 11 is 0. The third-order valence-corrected chi connectivity index (χ3v) is 3.15. The second kappa shape index (κ2) is 5.58. The number of phenolic OH excluding ortho intramolecular Hbond substituents is 2. The Morgan fingerprint density at radius 1 is 1.33 bits per heavy atom. The molecule has 0 aliphatic heterocycles. The summed E-state index contributed by atoms with van der Waals surface area (Å²) in [5.74, 6) is -0.0854. The first kappa shape index (κ1) is 12.5. The van der Waals surface area contributed by atoms with E-state index < -0.39 is 0 Å². The average molecular weight is 247 g/mol. The van der Waals surface area contributed by atoms with Crippen molar-refractivity contribution in [3.8, 4) is 11.5 Å². The Bertz CT molecular complexity index is 468. The van der Waals surface area contributed by atoms with Crippen LogP contribution in [0.2, 0.25) is 0 Å². The molecule has 4 nitrogen and oxygen atoms in total. The van der Waals surface area contributed by atoms with Crippen LogP contribution in [-0.2, 0) is 0 Å². The number of carbonyl (C=O) groups is 1. The molecule has 2 rings (SSSR count). The lowest BCUT2D eigenvalue weighted by Gasteiger charge is -2.18. The molecule has 0 heterocycles. The van der Waals surface area contributed by atoms with E-state index in [2.05, 4.69) is 17.5 Å². The van der Waals surface area contributed by atoms with Gasteiger partial charge in [-0.2, -0.15) is 0 Å². The van der Waals surface area contributed by atoms with Crippen molar-refractivity contribution in [1.29, 1.82) is 0 Å². The highest BCUT2D eigenvalue weighted by Crippen LogP contribution is 2.23. The number of amides is 1. The van der Waals surface area contributed by atoms with Crippen LogP contribution in [0.5, 0.6) is 11.5 Å². The number of phenols is 2. The van der Waals surface area contributed by atoms with Crippen LogP contribution in [0.25, 0.3) is 0 Å². The zero-order valence-electron chi connectivity index (χ0n) is 10.1. The molecular formula is C14H17NO3. The molecule has 0 spiro atoms. The van der Waals surface area contributed by atoms with E-state index in [0.717, 1.165) is 25.3 Å². The van der Waals surface area contributed by atoms with Gasteiger partial charge < -0.3 is 15.5 Å². The summed E-state index contributed by atoms with van der Waals surface area (Å²) in [5.41, 5.74) is 0.194. The fraction of sp³-hybridized carbons (Fsp3) is 0.357. The Hall–Kier alpha value is -1.97. The van der Waals surface area contributed by atoms with Crippen molar-refractivity contribution in [2.75, 3.05) is 6.54 Å². The van der Waals surface area contributed by atoms with Crippen molar-refractivity contribution in [2.45, 2.75) is 19.3 Å². The molecule has 0 saturated heterocycles. The average Bonchev–Trinajstić information content (AvgIpc) is 2.37. The fourth-order valence-electron chi connectivity index (χ4n) is 2.09. The van der Waals surface area contributed by atoms with E-state index in [4.69, 9.17) is 5.11 Å². The number of hydrogen-bond donors (Lipinski definition) is 3. The SMILES string of the molecule is O=C(NCC1CC=CCC1)c1ccc(O)cc1O. The van der Waals surface area contributed by atoms with E-state index in [-0.39, 0.29) is 23.0 Å². The first-order chi connectivity index (χ1) is 8.66. The van der Waals surface area contributed by atoms with Gasteiger partial charge in [0.2, 0.25) is 0 Å². The van der Waals surface area contributed by atoms with Crippen LogP contribution in [0.3, 0.4) is 0 Å². The Kier molecular flexibility index (Phi) is 3.87. The van der Waals surface area contributed by atoms with Gasteiger partial charge in [0.1, 0.15) is 11.5 Å². The van der Waals surface area contributed by atoms with Gasteiger partial charge in [-0.25, -0.2) is 0 Å². The second-order valence-electron chi connectivity index (χ2n) is 4.56. The molecule has 18 heavy (non-hydrogen) atoms. The monoisotopic (exact) mass is 247 g/mol. The number of hydrogen-bond acceptors (Lipinski definition) is 3. The van der Waals surface area contributed by atoms with Crippen molar-refractivity contribution in [2.24, 2.45) is 5.92 Å². The van der Waals surface area contributed by atoms with Crippen LogP contribution >= 0.6 is 0 Å². The predicted molar refractivity (Wildman–Crippen MR) is 68.6 cm³/mol. The summed E-state index contributed by atoms with van der Waals surface area (Å²) in [6.07, 6.45) is 7.42. The van der Waals surface area contributed by atoms with Gasteiger partial charge in [-0.15, -0.1) is 0 Å². The standard InChI is InChI=1S/C14H17NO3/c16-11-6-7-12(13(17)8-11)14(18)15-9-10-4-2-1-3-5-10/h1-2,6-8,10,16-17H,3-5,9H2,(H,15,18). The Morgan fingerprint density at radius 2 is 2.17 bits per heavy atom. The molecule has 1 amide bonds. The lowest BCUT2D eigenvalue weighted by atomic mass is 9.94. The van der Waals surface area contributed by atoms with E-state index in [1.807, 2.05) is 0 Å². The van der Waals surface area contributed by atoms with Gasteiger partial charge in [-0.05, 0) is 37.3 Å². The van der Waals surface area contributed by atoms with Gasteiger partial charge in [-0.3, -0.25) is 4.79 Å². The fourth-order valence-corrected chi connectivity index (χ4v) is 2.09.